The summed E-state index contributed by atoms with van der Waals surface area (Å²) >= 11 is 0. The number of esters is 1. The second-order valence-electron chi connectivity index (χ2n) is 7.67. The van der Waals surface area contributed by atoms with Crippen LogP contribution in [0.25, 0.3) is 0 Å². The Kier molecular flexibility index (Phi) is 9.16. The number of likely N-dealkylation sites (tertiary alicyclic amines) is 1. The van der Waals surface area contributed by atoms with Crippen LogP contribution in [0.1, 0.15) is 85.5 Å². The number of hydrogen-bond acceptors (Lipinski definition) is 4. The zero-order valence-corrected chi connectivity index (χ0v) is 15.9. The number of amides is 1. The highest BCUT2D eigenvalue weighted by Crippen LogP contribution is 2.21. The molecule has 0 saturated carbocycles. The Labute approximate surface area is 147 Å². The van der Waals surface area contributed by atoms with Crippen molar-refractivity contribution in [2.24, 2.45) is 0 Å². The first-order valence-electron chi connectivity index (χ1n) is 9.48. The molecule has 1 heterocycles. The molecule has 1 amide bonds. The molecule has 0 bridgehead atoms. The van der Waals surface area contributed by atoms with Crippen molar-refractivity contribution in [2.75, 3.05) is 13.2 Å². The van der Waals surface area contributed by atoms with Gasteiger partial charge in [-0.15, -0.1) is 0 Å². The van der Waals surface area contributed by atoms with E-state index in [4.69, 9.17) is 9.47 Å². The van der Waals surface area contributed by atoms with E-state index in [9.17, 15) is 9.59 Å². The monoisotopic (exact) mass is 341 g/mol. The van der Waals surface area contributed by atoms with Gasteiger partial charge in [0, 0.05) is 13.0 Å². The summed E-state index contributed by atoms with van der Waals surface area (Å²) in [5, 5.41) is 0. The molecule has 140 valence electrons. The van der Waals surface area contributed by atoms with E-state index < -0.39 is 5.60 Å². The first kappa shape index (κ1) is 20.8. The highest BCUT2D eigenvalue weighted by Gasteiger charge is 2.31. The molecule has 1 aliphatic heterocycles. The predicted molar refractivity (Wildman–Crippen MR) is 94.9 cm³/mol. The van der Waals surface area contributed by atoms with Crippen molar-refractivity contribution in [3.8, 4) is 0 Å². The molecule has 0 aliphatic carbocycles. The van der Waals surface area contributed by atoms with Crippen molar-refractivity contribution in [2.45, 2.75) is 97.1 Å². The van der Waals surface area contributed by atoms with Gasteiger partial charge in [0.05, 0.1) is 6.04 Å². The van der Waals surface area contributed by atoms with Gasteiger partial charge in [-0.25, -0.2) is 4.79 Å². The summed E-state index contributed by atoms with van der Waals surface area (Å²) in [6.45, 7) is 8.73. The van der Waals surface area contributed by atoms with Gasteiger partial charge >= 0.3 is 12.1 Å². The van der Waals surface area contributed by atoms with Crippen LogP contribution in [0.5, 0.6) is 0 Å². The van der Waals surface area contributed by atoms with E-state index in [1.165, 1.54) is 19.3 Å². The van der Waals surface area contributed by atoms with Crippen LogP contribution < -0.4 is 0 Å². The molecule has 5 heteroatoms. The molecule has 0 aromatic heterocycles. The smallest absolute Gasteiger partial charge is 0.410 e. The number of rotatable bonds is 8. The molecule has 1 fully saturated rings. The van der Waals surface area contributed by atoms with E-state index >= 15 is 0 Å². The number of piperidine rings is 1. The van der Waals surface area contributed by atoms with E-state index in [2.05, 4.69) is 6.92 Å². The van der Waals surface area contributed by atoms with E-state index in [1.807, 2.05) is 20.8 Å². The van der Waals surface area contributed by atoms with Crippen LogP contribution in [0, 0.1) is 0 Å². The molecule has 5 nitrogen and oxygen atoms in total. The van der Waals surface area contributed by atoms with Crippen molar-refractivity contribution in [3.05, 3.63) is 0 Å². The minimum atomic E-state index is -0.506. The van der Waals surface area contributed by atoms with Gasteiger partial charge in [-0.3, -0.25) is 4.79 Å². The number of hydrogen-bond donors (Lipinski definition) is 0. The zero-order valence-electron chi connectivity index (χ0n) is 15.9. The third kappa shape index (κ3) is 8.55. The van der Waals surface area contributed by atoms with Crippen LogP contribution in [0.4, 0.5) is 4.79 Å². The lowest BCUT2D eigenvalue weighted by Crippen LogP contribution is -2.48. The Morgan fingerprint density at radius 1 is 1.08 bits per heavy atom. The minimum Gasteiger partial charge on any atom is -0.463 e. The molecular weight excluding hydrogens is 306 g/mol. The maximum Gasteiger partial charge on any atom is 0.410 e. The van der Waals surface area contributed by atoms with Crippen molar-refractivity contribution in [1.29, 1.82) is 0 Å². The summed E-state index contributed by atoms with van der Waals surface area (Å²) in [6.07, 6.45) is 8.64. The third-order valence-corrected chi connectivity index (χ3v) is 4.18. The van der Waals surface area contributed by atoms with E-state index in [0.717, 1.165) is 32.1 Å². The van der Waals surface area contributed by atoms with Crippen LogP contribution in [0.2, 0.25) is 0 Å². The summed E-state index contributed by atoms with van der Waals surface area (Å²) in [4.78, 5) is 25.9. The first-order chi connectivity index (χ1) is 11.3. The molecule has 0 radical (unpaired) electrons. The van der Waals surface area contributed by atoms with E-state index in [1.54, 1.807) is 4.90 Å². The number of carbonyl (C=O) groups excluding carboxylic acids is 2. The first-order valence-corrected chi connectivity index (χ1v) is 9.48. The SMILES string of the molecule is CCCCCCCC(=O)OCC1CCCCN1C(=O)OC(C)(C)C. The highest BCUT2D eigenvalue weighted by atomic mass is 16.6. The lowest BCUT2D eigenvalue weighted by atomic mass is 10.0. The summed E-state index contributed by atoms with van der Waals surface area (Å²) in [7, 11) is 0. The Hall–Kier alpha value is -1.26. The quantitative estimate of drug-likeness (QED) is 0.475. The van der Waals surface area contributed by atoms with Gasteiger partial charge in [-0.2, -0.15) is 0 Å². The molecule has 0 aromatic carbocycles. The molecule has 1 aliphatic rings. The Bertz CT molecular complexity index is 389. The van der Waals surface area contributed by atoms with Gasteiger partial charge < -0.3 is 14.4 Å². The van der Waals surface area contributed by atoms with E-state index in [0.29, 0.717) is 13.0 Å². The molecule has 0 spiro atoms. The molecular formula is C19H35NO4. The van der Waals surface area contributed by atoms with Crippen molar-refractivity contribution in [1.82, 2.24) is 4.90 Å². The minimum absolute atomic E-state index is 0.0577. The fourth-order valence-electron chi connectivity index (χ4n) is 2.87. The maximum absolute atomic E-state index is 12.3. The zero-order chi connectivity index (χ0) is 18.0. The maximum atomic E-state index is 12.3. The predicted octanol–water partition coefficient (Wildman–Crippen LogP) is 4.68. The summed E-state index contributed by atoms with van der Waals surface area (Å²) in [5.74, 6) is -0.152. The Balaban J connectivity index is 2.35. The van der Waals surface area contributed by atoms with Gasteiger partial charge in [0.1, 0.15) is 12.2 Å². The number of carbonyl (C=O) groups is 2. The molecule has 1 unspecified atom stereocenters. The van der Waals surface area contributed by atoms with E-state index in [-0.39, 0.29) is 24.7 Å². The van der Waals surface area contributed by atoms with Crippen LogP contribution in [-0.2, 0) is 14.3 Å². The molecule has 24 heavy (non-hydrogen) atoms. The number of ether oxygens (including phenoxy) is 2. The van der Waals surface area contributed by atoms with Gasteiger partial charge in [0.25, 0.3) is 0 Å². The van der Waals surface area contributed by atoms with Crippen LogP contribution in [0.3, 0.4) is 0 Å². The second-order valence-corrected chi connectivity index (χ2v) is 7.67. The number of unbranched alkanes of at least 4 members (excludes halogenated alkanes) is 4. The molecule has 1 saturated heterocycles. The fourth-order valence-corrected chi connectivity index (χ4v) is 2.87. The van der Waals surface area contributed by atoms with Gasteiger partial charge in [-0.05, 0) is 46.5 Å². The standard InChI is InChI=1S/C19H35NO4/c1-5-6-7-8-9-13-17(21)23-15-16-12-10-11-14-20(16)18(22)24-19(2,3)4/h16H,5-15H2,1-4H3. The highest BCUT2D eigenvalue weighted by molar-refractivity contribution is 5.70. The molecule has 1 atom stereocenters. The number of nitrogens with zero attached hydrogens (tertiary/aromatic N) is 1. The van der Waals surface area contributed by atoms with Crippen LogP contribution >= 0.6 is 0 Å². The van der Waals surface area contributed by atoms with Gasteiger partial charge in [0.2, 0.25) is 0 Å². The average molecular weight is 341 g/mol. The fraction of sp³-hybridized carbons (Fsp3) is 0.895. The third-order valence-electron chi connectivity index (χ3n) is 4.18. The topological polar surface area (TPSA) is 55.8 Å². The van der Waals surface area contributed by atoms with Crippen molar-refractivity contribution >= 4 is 12.1 Å². The second kappa shape index (κ2) is 10.6. The molecule has 0 aromatic rings. The summed E-state index contributed by atoms with van der Waals surface area (Å²) in [5.41, 5.74) is -0.506. The Morgan fingerprint density at radius 3 is 2.46 bits per heavy atom. The lowest BCUT2D eigenvalue weighted by Gasteiger charge is -2.36. The van der Waals surface area contributed by atoms with Gasteiger partial charge in [0.15, 0.2) is 0 Å². The molecule has 1 rings (SSSR count). The average Bonchev–Trinajstić information content (AvgIpc) is 2.51. The van der Waals surface area contributed by atoms with Crippen LogP contribution in [-0.4, -0.2) is 41.8 Å². The normalized spacial score (nSPS) is 18.3. The van der Waals surface area contributed by atoms with Gasteiger partial charge in [-0.1, -0.05) is 32.6 Å². The molecule has 0 N–H and O–H groups in total. The van der Waals surface area contributed by atoms with Crippen molar-refractivity contribution < 1.29 is 19.1 Å². The van der Waals surface area contributed by atoms with Crippen LogP contribution in [0.15, 0.2) is 0 Å². The van der Waals surface area contributed by atoms with Crippen molar-refractivity contribution in [3.63, 3.8) is 0 Å². The lowest BCUT2D eigenvalue weighted by molar-refractivity contribution is -0.146. The summed E-state index contributed by atoms with van der Waals surface area (Å²) < 4.78 is 10.9. The summed E-state index contributed by atoms with van der Waals surface area (Å²) in [6, 6.07) is -0.0577. The largest absolute Gasteiger partial charge is 0.463 e. The Morgan fingerprint density at radius 2 is 1.79 bits per heavy atom.